The van der Waals surface area contributed by atoms with Crippen LogP contribution in [0.3, 0.4) is 0 Å². The van der Waals surface area contributed by atoms with E-state index in [9.17, 15) is 0 Å². The van der Waals surface area contributed by atoms with Crippen molar-refractivity contribution in [3.63, 3.8) is 0 Å². The molecule has 2 rings (SSSR count). The quantitative estimate of drug-likeness (QED) is 0.891. The maximum atomic E-state index is 8.84. The fourth-order valence-corrected chi connectivity index (χ4v) is 1.85. The summed E-state index contributed by atoms with van der Waals surface area (Å²) in [6.07, 6.45) is 1.47. The Labute approximate surface area is 112 Å². The summed E-state index contributed by atoms with van der Waals surface area (Å²) in [5, 5.41) is 8.84. The summed E-state index contributed by atoms with van der Waals surface area (Å²) in [4.78, 5) is 8.45. The van der Waals surface area contributed by atoms with E-state index >= 15 is 0 Å². The van der Waals surface area contributed by atoms with E-state index in [0.717, 1.165) is 11.1 Å². The number of aromatic nitrogens is 2. The number of anilines is 1. The Balaban J connectivity index is 2.55. The Morgan fingerprint density at radius 2 is 2.05 bits per heavy atom. The third-order valence-corrected chi connectivity index (χ3v) is 3.11. The lowest BCUT2D eigenvalue weighted by molar-refractivity contribution is 0.866. The van der Waals surface area contributed by atoms with Crippen molar-refractivity contribution in [1.29, 1.82) is 5.26 Å². The van der Waals surface area contributed by atoms with E-state index < -0.39 is 0 Å². The molecular formula is C15H16N4. The van der Waals surface area contributed by atoms with Crippen molar-refractivity contribution in [1.82, 2.24) is 9.97 Å². The first-order chi connectivity index (χ1) is 9.02. The molecule has 4 nitrogen and oxygen atoms in total. The number of nitrogen functional groups attached to an aromatic ring is 1. The number of nitrogens with zero attached hydrogens (tertiary/aromatic N) is 3. The normalized spacial score (nSPS) is 10.5. The molecule has 2 aromatic rings. The van der Waals surface area contributed by atoms with Gasteiger partial charge in [0.25, 0.3) is 0 Å². The van der Waals surface area contributed by atoms with Gasteiger partial charge in [-0.3, -0.25) is 0 Å². The fourth-order valence-electron chi connectivity index (χ4n) is 1.85. The molecule has 0 aliphatic heterocycles. The van der Waals surface area contributed by atoms with Crippen molar-refractivity contribution in [3.05, 3.63) is 41.1 Å². The van der Waals surface area contributed by atoms with Crippen LogP contribution in [0.25, 0.3) is 11.4 Å². The van der Waals surface area contributed by atoms with Gasteiger partial charge in [0, 0.05) is 5.56 Å². The number of aryl methyl sites for hydroxylation is 1. The van der Waals surface area contributed by atoms with E-state index in [0.29, 0.717) is 17.3 Å². The van der Waals surface area contributed by atoms with Gasteiger partial charge in [-0.1, -0.05) is 26.0 Å². The van der Waals surface area contributed by atoms with Crippen molar-refractivity contribution >= 4 is 5.82 Å². The van der Waals surface area contributed by atoms with Crippen LogP contribution in [0.5, 0.6) is 0 Å². The highest BCUT2D eigenvalue weighted by atomic mass is 14.9. The molecule has 1 aromatic carbocycles. The van der Waals surface area contributed by atoms with Crippen LogP contribution in [-0.2, 0) is 0 Å². The van der Waals surface area contributed by atoms with Crippen molar-refractivity contribution in [3.8, 4) is 17.5 Å². The second-order valence-electron chi connectivity index (χ2n) is 4.83. The van der Waals surface area contributed by atoms with E-state index in [1.54, 1.807) is 0 Å². The second kappa shape index (κ2) is 5.07. The monoisotopic (exact) mass is 252 g/mol. The topological polar surface area (TPSA) is 75.6 Å². The predicted octanol–water partition coefficient (Wildman–Crippen LogP) is 3.03. The maximum absolute atomic E-state index is 8.84. The summed E-state index contributed by atoms with van der Waals surface area (Å²) >= 11 is 0. The van der Waals surface area contributed by atoms with Gasteiger partial charge in [0.1, 0.15) is 17.5 Å². The molecule has 0 radical (unpaired) electrons. The number of rotatable bonds is 2. The van der Waals surface area contributed by atoms with Gasteiger partial charge in [0.2, 0.25) is 0 Å². The number of hydrogen-bond donors (Lipinski definition) is 1. The highest BCUT2D eigenvalue weighted by Crippen LogP contribution is 2.25. The van der Waals surface area contributed by atoms with E-state index in [4.69, 9.17) is 11.0 Å². The lowest BCUT2D eigenvalue weighted by atomic mass is 9.97. The van der Waals surface area contributed by atoms with Crippen molar-refractivity contribution in [2.45, 2.75) is 26.7 Å². The molecule has 0 spiro atoms. The largest absolute Gasteiger partial charge is 0.382 e. The zero-order valence-electron chi connectivity index (χ0n) is 11.3. The van der Waals surface area contributed by atoms with Gasteiger partial charge in [-0.05, 0) is 30.0 Å². The van der Waals surface area contributed by atoms with E-state index in [2.05, 4.69) is 42.0 Å². The summed E-state index contributed by atoms with van der Waals surface area (Å²) in [6, 6.07) is 8.22. The van der Waals surface area contributed by atoms with Gasteiger partial charge in [-0.25, -0.2) is 9.97 Å². The van der Waals surface area contributed by atoms with Gasteiger partial charge < -0.3 is 5.73 Å². The maximum Gasteiger partial charge on any atom is 0.161 e. The molecule has 0 fully saturated rings. The molecule has 2 N–H and O–H groups in total. The molecule has 1 heterocycles. The molecule has 1 aromatic heterocycles. The second-order valence-corrected chi connectivity index (χ2v) is 4.83. The molecular weight excluding hydrogens is 236 g/mol. The van der Waals surface area contributed by atoms with Gasteiger partial charge in [-0.15, -0.1) is 0 Å². The smallest absolute Gasteiger partial charge is 0.161 e. The lowest BCUT2D eigenvalue weighted by Gasteiger charge is -2.10. The summed E-state index contributed by atoms with van der Waals surface area (Å²) in [5.74, 6) is 1.23. The molecule has 96 valence electrons. The van der Waals surface area contributed by atoms with Crippen LogP contribution in [0.4, 0.5) is 5.82 Å². The Hall–Kier alpha value is -2.41. The molecule has 0 amide bonds. The Bertz CT molecular complexity index is 654. The highest BCUT2D eigenvalue weighted by molar-refractivity contribution is 5.64. The van der Waals surface area contributed by atoms with E-state index in [1.165, 1.54) is 11.8 Å². The minimum Gasteiger partial charge on any atom is -0.382 e. The summed E-state index contributed by atoms with van der Waals surface area (Å²) < 4.78 is 0. The van der Waals surface area contributed by atoms with E-state index in [1.807, 2.05) is 13.0 Å². The molecule has 0 aliphatic rings. The van der Waals surface area contributed by atoms with Crippen LogP contribution in [0.1, 0.15) is 36.5 Å². The molecule has 4 heteroatoms. The molecule has 0 saturated carbocycles. The molecule has 0 bridgehead atoms. The van der Waals surface area contributed by atoms with Crippen LogP contribution in [0, 0.1) is 18.3 Å². The predicted molar refractivity (Wildman–Crippen MR) is 75.4 cm³/mol. The Morgan fingerprint density at radius 1 is 1.32 bits per heavy atom. The number of nitrogens with two attached hydrogens (primary N) is 1. The van der Waals surface area contributed by atoms with Crippen LogP contribution in [-0.4, -0.2) is 9.97 Å². The number of hydrogen-bond acceptors (Lipinski definition) is 4. The van der Waals surface area contributed by atoms with Gasteiger partial charge in [0.15, 0.2) is 5.82 Å². The van der Waals surface area contributed by atoms with Crippen molar-refractivity contribution in [2.24, 2.45) is 0 Å². The Kier molecular flexibility index (Phi) is 3.48. The van der Waals surface area contributed by atoms with Crippen LogP contribution >= 0.6 is 0 Å². The van der Waals surface area contributed by atoms with Crippen molar-refractivity contribution in [2.75, 3.05) is 5.73 Å². The molecule has 0 aliphatic carbocycles. The first kappa shape index (κ1) is 13.0. The SMILES string of the molecule is Cc1ccc(C(C)C)cc1-c1ncc(C#N)c(N)n1. The number of benzene rings is 1. The van der Waals surface area contributed by atoms with E-state index in [-0.39, 0.29) is 5.82 Å². The lowest BCUT2D eigenvalue weighted by Crippen LogP contribution is -2.00. The first-order valence-corrected chi connectivity index (χ1v) is 6.16. The third-order valence-electron chi connectivity index (χ3n) is 3.11. The third kappa shape index (κ3) is 2.55. The van der Waals surface area contributed by atoms with Crippen LogP contribution in [0.2, 0.25) is 0 Å². The standard InChI is InChI=1S/C15H16N4/c1-9(2)11-5-4-10(3)13(6-11)15-18-8-12(7-16)14(17)19-15/h4-6,8-9H,1-3H3,(H2,17,18,19). The number of nitriles is 1. The van der Waals surface area contributed by atoms with Crippen molar-refractivity contribution < 1.29 is 0 Å². The zero-order valence-corrected chi connectivity index (χ0v) is 11.3. The average Bonchev–Trinajstić information content (AvgIpc) is 2.38. The molecule has 0 saturated heterocycles. The summed E-state index contributed by atoms with van der Waals surface area (Å²) in [5.41, 5.74) is 9.33. The zero-order chi connectivity index (χ0) is 14.0. The molecule has 0 unspecified atom stereocenters. The Morgan fingerprint density at radius 3 is 2.63 bits per heavy atom. The molecule has 19 heavy (non-hydrogen) atoms. The first-order valence-electron chi connectivity index (χ1n) is 6.16. The fraction of sp³-hybridized carbons (Fsp3) is 0.267. The van der Waals surface area contributed by atoms with Gasteiger partial charge >= 0.3 is 0 Å². The van der Waals surface area contributed by atoms with Crippen LogP contribution in [0.15, 0.2) is 24.4 Å². The minimum atomic E-state index is 0.224. The summed E-state index contributed by atoms with van der Waals surface area (Å²) in [6.45, 7) is 6.29. The van der Waals surface area contributed by atoms with Crippen LogP contribution < -0.4 is 5.73 Å². The minimum absolute atomic E-state index is 0.224. The molecule has 0 atom stereocenters. The average molecular weight is 252 g/mol. The van der Waals surface area contributed by atoms with Gasteiger partial charge in [-0.2, -0.15) is 5.26 Å². The summed E-state index contributed by atoms with van der Waals surface area (Å²) in [7, 11) is 0. The van der Waals surface area contributed by atoms with Gasteiger partial charge in [0.05, 0.1) is 6.20 Å². The highest BCUT2D eigenvalue weighted by Gasteiger charge is 2.10.